The zero-order valence-corrected chi connectivity index (χ0v) is 14.6. The lowest BCUT2D eigenvalue weighted by Crippen LogP contribution is -2.32. The number of nitrogens with one attached hydrogen (secondary N) is 1. The van der Waals surface area contributed by atoms with Gasteiger partial charge >= 0.3 is 0 Å². The van der Waals surface area contributed by atoms with Crippen molar-refractivity contribution in [2.75, 3.05) is 46.5 Å². The average Bonchev–Trinajstić information content (AvgIpc) is 2.41. The molecule has 1 atom stereocenters. The summed E-state index contributed by atoms with van der Waals surface area (Å²) in [5.41, 5.74) is 0. The second-order valence-corrected chi connectivity index (χ2v) is 6.13. The van der Waals surface area contributed by atoms with Gasteiger partial charge in [0.2, 0.25) is 0 Å². The average molecular weight is 304 g/mol. The molecular formula is C16H36N2O3. The molecule has 0 fully saturated rings. The predicted molar refractivity (Wildman–Crippen MR) is 87.8 cm³/mol. The van der Waals surface area contributed by atoms with Crippen LogP contribution in [0, 0.1) is 0 Å². The number of rotatable bonds is 14. The van der Waals surface area contributed by atoms with Crippen LogP contribution in [-0.4, -0.2) is 74.8 Å². The molecule has 0 aliphatic heterocycles. The van der Waals surface area contributed by atoms with Gasteiger partial charge in [0, 0.05) is 12.6 Å². The standard InChI is InChI=1S/C16H36N2O3/c1-14(2)18(5)9-7-6-8-17-12-16(19)13-20-10-11-21-15(3)4/h14-17,19H,6-13H2,1-5H3. The first-order valence-corrected chi connectivity index (χ1v) is 8.21. The summed E-state index contributed by atoms with van der Waals surface area (Å²) in [4.78, 5) is 2.35. The van der Waals surface area contributed by atoms with E-state index in [1.807, 2.05) is 13.8 Å². The summed E-state index contributed by atoms with van der Waals surface area (Å²) < 4.78 is 10.7. The molecule has 0 heterocycles. The Kier molecular flexibility index (Phi) is 13.3. The van der Waals surface area contributed by atoms with E-state index in [9.17, 15) is 5.11 Å². The first-order chi connectivity index (χ1) is 9.93. The number of hydrogen-bond acceptors (Lipinski definition) is 5. The highest BCUT2D eigenvalue weighted by atomic mass is 16.5. The Hall–Kier alpha value is -0.200. The van der Waals surface area contributed by atoms with Crippen molar-refractivity contribution in [2.24, 2.45) is 0 Å². The number of aliphatic hydroxyl groups excluding tert-OH is 1. The monoisotopic (exact) mass is 304 g/mol. The van der Waals surface area contributed by atoms with Gasteiger partial charge in [0.1, 0.15) is 0 Å². The third kappa shape index (κ3) is 14.5. The largest absolute Gasteiger partial charge is 0.389 e. The van der Waals surface area contributed by atoms with Gasteiger partial charge in [0.05, 0.1) is 32.0 Å². The van der Waals surface area contributed by atoms with Gasteiger partial charge in [0.25, 0.3) is 0 Å². The van der Waals surface area contributed by atoms with Crippen molar-refractivity contribution in [1.82, 2.24) is 10.2 Å². The van der Waals surface area contributed by atoms with Gasteiger partial charge in [-0.2, -0.15) is 0 Å². The summed E-state index contributed by atoms with van der Waals surface area (Å²) in [7, 11) is 2.15. The molecule has 0 spiro atoms. The van der Waals surface area contributed by atoms with Crippen LogP contribution in [0.1, 0.15) is 40.5 Å². The minimum atomic E-state index is -0.442. The molecule has 0 aliphatic carbocycles. The third-order valence-electron chi connectivity index (χ3n) is 3.36. The molecule has 0 aromatic carbocycles. The molecule has 21 heavy (non-hydrogen) atoms. The van der Waals surface area contributed by atoms with Gasteiger partial charge in [-0.25, -0.2) is 0 Å². The second kappa shape index (κ2) is 13.5. The highest BCUT2D eigenvalue weighted by molar-refractivity contribution is 4.60. The van der Waals surface area contributed by atoms with Crippen LogP contribution in [0.15, 0.2) is 0 Å². The summed E-state index contributed by atoms with van der Waals surface area (Å²) >= 11 is 0. The quantitative estimate of drug-likeness (QED) is 0.476. The van der Waals surface area contributed by atoms with E-state index in [0.717, 1.165) is 19.5 Å². The maximum atomic E-state index is 9.74. The Bertz CT molecular complexity index is 226. The number of nitrogens with zero attached hydrogens (tertiary/aromatic N) is 1. The highest BCUT2D eigenvalue weighted by Crippen LogP contribution is 1.97. The van der Waals surface area contributed by atoms with Crippen molar-refractivity contribution in [3.05, 3.63) is 0 Å². The van der Waals surface area contributed by atoms with Crippen LogP contribution in [-0.2, 0) is 9.47 Å². The molecule has 2 N–H and O–H groups in total. The van der Waals surface area contributed by atoms with Crippen LogP contribution in [0.5, 0.6) is 0 Å². The molecule has 0 bridgehead atoms. The Labute approximate surface area is 131 Å². The minimum absolute atomic E-state index is 0.231. The van der Waals surface area contributed by atoms with Gasteiger partial charge in [-0.15, -0.1) is 0 Å². The fraction of sp³-hybridized carbons (Fsp3) is 1.00. The molecule has 5 nitrogen and oxygen atoms in total. The summed E-state index contributed by atoms with van der Waals surface area (Å²) in [6.07, 6.45) is 2.10. The van der Waals surface area contributed by atoms with Crippen LogP contribution in [0.2, 0.25) is 0 Å². The zero-order chi connectivity index (χ0) is 16.1. The van der Waals surface area contributed by atoms with E-state index in [1.54, 1.807) is 0 Å². The Morgan fingerprint density at radius 1 is 1.10 bits per heavy atom. The Morgan fingerprint density at radius 3 is 2.43 bits per heavy atom. The Morgan fingerprint density at radius 2 is 1.81 bits per heavy atom. The van der Waals surface area contributed by atoms with Crippen molar-refractivity contribution in [1.29, 1.82) is 0 Å². The van der Waals surface area contributed by atoms with Crippen molar-refractivity contribution >= 4 is 0 Å². The van der Waals surface area contributed by atoms with Gasteiger partial charge in [-0.1, -0.05) is 0 Å². The van der Waals surface area contributed by atoms with E-state index < -0.39 is 6.10 Å². The van der Waals surface area contributed by atoms with E-state index in [2.05, 4.69) is 31.1 Å². The van der Waals surface area contributed by atoms with Crippen LogP contribution >= 0.6 is 0 Å². The zero-order valence-electron chi connectivity index (χ0n) is 14.6. The van der Waals surface area contributed by atoms with Crippen molar-refractivity contribution < 1.29 is 14.6 Å². The predicted octanol–water partition coefficient (Wildman–Crippen LogP) is 1.50. The van der Waals surface area contributed by atoms with Crippen LogP contribution in [0.3, 0.4) is 0 Å². The van der Waals surface area contributed by atoms with Crippen LogP contribution in [0.25, 0.3) is 0 Å². The van der Waals surface area contributed by atoms with Crippen LogP contribution < -0.4 is 5.32 Å². The maximum absolute atomic E-state index is 9.74. The Balaban J connectivity index is 3.28. The smallest absolute Gasteiger partial charge is 0.0897 e. The molecule has 0 amide bonds. The first kappa shape index (κ1) is 20.8. The van der Waals surface area contributed by atoms with E-state index in [0.29, 0.717) is 32.4 Å². The summed E-state index contributed by atoms with van der Waals surface area (Å²) in [6, 6.07) is 0.608. The molecule has 0 saturated carbocycles. The first-order valence-electron chi connectivity index (χ1n) is 8.21. The molecule has 128 valence electrons. The number of unbranched alkanes of at least 4 members (excludes halogenated alkanes) is 1. The van der Waals surface area contributed by atoms with Gasteiger partial charge in [0.15, 0.2) is 0 Å². The number of aliphatic hydroxyl groups is 1. The van der Waals surface area contributed by atoms with E-state index >= 15 is 0 Å². The van der Waals surface area contributed by atoms with Crippen molar-refractivity contribution in [3.8, 4) is 0 Å². The minimum Gasteiger partial charge on any atom is -0.389 e. The SMILES string of the molecule is CC(C)OCCOCC(O)CNCCCCN(C)C(C)C. The second-order valence-electron chi connectivity index (χ2n) is 6.13. The molecule has 0 aromatic rings. The van der Waals surface area contributed by atoms with Crippen molar-refractivity contribution in [3.63, 3.8) is 0 Å². The van der Waals surface area contributed by atoms with Gasteiger partial charge < -0.3 is 24.8 Å². The molecule has 0 aliphatic rings. The normalized spacial score (nSPS) is 13.6. The van der Waals surface area contributed by atoms with Gasteiger partial charge in [-0.05, 0) is 60.7 Å². The fourth-order valence-corrected chi connectivity index (χ4v) is 1.76. The summed E-state index contributed by atoms with van der Waals surface area (Å²) in [5, 5.41) is 13.0. The highest BCUT2D eigenvalue weighted by Gasteiger charge is 2.04. The molecule has 1 unspecified atom stereocenters. The van der Waals surface area contributed by atoms with Crippen molar-refractivity contribution in [2.45, 2.75) is 58.8 Å². The molecule has 0 saturated heterocycles. The summed E-state index contributed by atoms with van der Waals surface area (Å²) in [5.74, 6) is 0. The van der Waals surface area contributed by atoms with Gasteiger partial charge in [-0.3, -0.25) is 0 Å². The number of ether oxygens (including phenoxy) is 2. The molecule has 0 radical (unpaired) electrons. The molecule has 0 rings (SSSR count). The molecular weight excluding hydrogens is 268 g/mol. The lowest BCUT2D eigenvalue weighted by molar-refractivity contribution is -0.00992. The van der Waals surface area contributed by atoms with E-state index in [4.69, 9.17) is 9.47 Å². The van der Waals surface area contributed by atoms with E-state index in [1.165, 1.54) is 6.42 Å². The lowest BCUT2D eigenvalue weighted by atomic mass is 10.2. The maximum Gasteiger partial charge on any atom is 0.0897 e. The third-order valence-corrected chi connectivity index (χ3v) is 3.36. The number of hydrogen-bond donors (Lipinski definition) is 2. The molecule has 0 aromatic heterocycles. The van der Waals surface area contributed by atoms with E-state index in [-0.39, 0.29) is 6.10 Å². The summed E-state index contributed by atoms with van der Waals surface area (Å²) in [6.45, 7) is 12.6. The van der Waals surface area contributed by atoms with Crippen LogP contribution in [0.4, 0.5) is 0 Å². The topological polar surface area (TPSA) is 54.0 Å². The lowest BCUT2D eigenvalue weighted by Gasteiger charge is -2.20. The fourth-order valence-electron chi connectivity index (χ4n) is 1.76. The molecule has 5 heteroatoms.